The molecule has 2 aliphatic heterocycles. The molecule has 1 aromatic rings. The molecule has 5 heteroatoms. The Morgan fingerprint density at radius 1 is 1.50 bits per heavy atom. The molecule has 2 aliphatic rings. The van der Waals surface area contributed by atoms with Crippen LogP contribution in [0.3, 0.4) is 0 Å². The third-order valence-electron chi connectivity index (χ3n) is 4.45. The molecule has 20 heavy (non-hydrogen) atoms. The molecule has 3 unspecified atom stereocenters. The van der Waals surface area contributed by atoms with Gasteiger partial charge in [-0.2, -0.15) is 11.8 Å². The van der Waals surface area contributed by atoms with Crippen LogP contribution in [0.4, 0.5) is 0 Å². The molecule has 2 N–H and O–H groups in total. The van der Waals surface area contributed by atoms with Gasteiger partial charge in [-0.1, -0.05) is 23.7 Å². The lowest BCUT2D eigenvalue weighted by Crippen LogP contribution is -2.42. The van der Waals surface area contributed by atoms with Crippen LogP contribution in [0.25, 0.3) is 0 Å². The minimum atomic E-state index is -0.00799. The zero-order chi connectivity index (χ0) is 14.2. The van der Waals surface area contributed by atoms with E-state index in [0.29, 0.717) is 5.92 Å². The fourth-order valence-corrected chi connectivity index (χ4v) is 5.28. The summed E-state index contributed by atoms with van der Waals surface area (Å²) in [5.74, 6) is 2.77. The highest BCUT2D eigenvalue weighted by molar-refractivity contribution is 9.10. The molecule has 0 bridgehead atoms. The third kappa shape index (κ3) is 2.91. The second kappa shape index (κ2) is 6.17. The molecule has 0 aromatic heterocycles. The summed E-state index contributed by atoms with van der Waals surface area (Å²) < 4.78 is 7.00. The van der Waals surface area contributed by atoms with Gasteiger partial charge >= 0.3 is 0 Å². The Bertz CT molecular complexity index is 493. The van der Waals surface area contributed by atoms with Gasteiger partial charge in [-0.25, -0.2) is 0 Å². The van der Waals surface area contributed by atoms with E-state index in [1.54, 1.807) is 0 Å². The van der Waals surface area contributed by atoms with Gasteiger partial charge in [0.2, 0.25) is 0 Å². The molecule has 2 nitrogen and oxygen atoms in total. The van der Waals surface area contributed by atoms with Crippen molar-refractivity contribution in [3.8, 4) is 0 Å². The van der Waals surface area contributed by atoms with Gasteiger partial charge in [-0.15, -0.1) is 0 Å². The van der Waals surface area contributed by atoms with Gasteiger partial charge in [0.1, 0.15) is 0 Å². The summed E-state index contributed by atoms with van der Waals surface area (Å²) in [6.45, 7) is 0.824. The minimum Gasteiger partial charge on any atom is -0.374 e. The fourth-order valence-electron chi connectivity index (χ4n) is 3.27. The molecule has 2 saturated heterocycles. The first kappa shape index (κ1) is 15.2. The Balaban J connectivity index is 1.79. The van der Waals surface area contributed by atoms with Crippen molar-refractivity contribution in [2.45, 2.75) is 30.9 Å². The molecule has 0 amide bonds. The summed E-state index contributed by atoms with van der Waals surface area (Å²) in [5.41, 5.74) is 7.65. The highest BCUT2D eigenvalue weighted by Crippen LogP contribution is 2.44. The molecule has 1 aromatic carbocycles. The quantitative estimate of drug-likeness (QED) is 0.830. The largest absolute Gasteiger partial charge is 0.374 e. The second-order valence-corrected chi connectivity index (χ2v) is 8.09. The number of nitrogens with two attached hydrogens (primary N) is 1. The van der Waals surface area contributed by atoms with E-state index in [1.807, 2.05) is 30.0 Å². The molecule has 110 valence electrons. The Morgan fingerprint density at radius 2 is 2.35 bits per heavy atom. The predicted molar refractivity (Wildman–Crippen MR) is 89.4 cm³/mol. The van der Waals surface area contributed by atoms with Crippen molar-refractivity contribution in [1.82, 2.24) is 0 Å². The number of hydrogen-bond acceptors (Lipinski definition) is 3. The summed E-state index contributed by atoms with van der Waals surface area (Å²) in [7, 11) is 0. The van der Waals surface area contributed by atoms with Gasteiger partial charge in [-0.05, 0) is 58.5 Å². The molecule has 3 rings (SSSR count). The van der Waals surface area contributed by atoms with Crippen LogP contribution < -0.4 is 5.73 Å². The summed E-state index contributed by atoms with van der Waals surface area (Å²) in [6.07, 6.45) is 3.24. The van der Waals surface area contributed by atoms with Crippen molar-refractivity contribution in [3.05, 3.63) is 33.3 Å². The average molecular weight is 377 g/mol. The van der Waals surface area contributed by atoms with E-state index < -0.39 is 0 Å². The van der Waals surface area contributed by atoms with E-state index in [-0.39, 0.29) is 11.6 Å². The number of thioether (sulfide) groups is 1. The van der Waals surface area contributed by atoms with Gasteiger partial charge in [0.25, 0.3) is 0 Å². The Kier molecular flexibility index (Phi) is 4.68. The summed E-state index contributed by atoms with van der Waals surface area (Å²) in [5, 5.41) is 0.751. The highest BCUT2D eigenvalue weighted by atomic mass is 79.9. The lowest BCUT2D eigenvalue weighted by Gasteiger charge is -2.40. The van der Waals surface area contributed by atoms with Crippen molar-refractivity contribution < 1.29 is 4.74 Å². The first-order valence-electron chi connectivity index (χ1n) is 7.02. The zero-order valence-corrected chi connectivity index (χ0v) is 14.4. The van der Waals surface area contributed by atoms with Crippen molar-refractivity contribution in [3.63, 3.8) is 0 Å². The molecule has 0 aliphatic carbocycles. The van der Waals surface area contributed by atoms with Crippen LogP contribution >= 0.6 is 39.3 Å². The lowest BCUT2D eigenvalue weighted by atomic mass is 9.79. The van der Waals surface area contributed by atoms with E-state index in [1.165, 1.54) is 5.75 Å². The predicted octanol–water partition coefficient (Wildman–Crippen LogP) is 4.40. The second-order valence-electron chi connectivity index (χ2n) is 5.76. The van der Waals surface area contributed by atoms with Crippen LogP contribution in [-0.4, -0.2) is 23.7 Å². The Labute approximate surface area is 137 Å². The smallest absolute Gasteiger partial charge is 0.0783 e. The van der Waals surface area contributed by atoms with Crippen molar-refractivity contribution in [2.75, 3.05) is 18.1 Å². The van der Waals surface area contributed by atoms with E-state index in [4.69, 9.17) is 22.1 Å². The summed E-state index contributed by atoms with van der Waals surface area (Å²) >= 11 is 11.9. The molecule has 0 radical (unpaired) electrons. The first-order valence-corrected chi connectivity index (χ1v) is 9.35. The fraction of sp³-hybridized carbons (Fsp3) is 0.600. The molecular weight excluding hydrogens is 358 g/mol. The van der Waals surface area contributed by atoms with Crippen LogP contribution in [0, 0.1) is 5.92 Å². The molecule has 2 heterocycles. The van der Waals surface area contributed by atoms with Gasteiger partial charge < -0.3 is 10.5 Å². The number of halogens is 2. The maximum Gasteiger partial charge on any atom is 0.0783 e. The number of benzene rings is 1. The molecular formula is C15H19BrClNOS. The minimum absolute atomic E-state index is 0.00799. The van der Waals surface area contributed by atoms with E-state index in [0.717, 1.165) is 46.7 Å². The Hall–Kier alpha value is 0.260. The van der Waals surface area contributed by atoms with Gasteiger partial charge in [0.15, 0.2) is 0 Å². The topological polar surface area (TPSA) is 35.2 Å². The third-order valence-corrected chi connectivity index (χ3v) is 6.98. The van der Waals surface area contributed by atoms with Gasteiger partial charge in [0.05, 0.1) is 10.6 Å². The normalized spacial score (nSPS) is 31.6. The number of hydrogen-bond donors (Lipinski definition) is 1. The average Bonchev–Trinajstić information content (AvgIpc) is 2.89. The van der Waals surface area contributed by atoms with E-state index in [2.05, 4.69) is 15.9 Å². The lowest BCUT2D eigenvalue weighted by molar-refractivity contribution is -0.0834. The van der Waals surface area contributed by atoms with Crippen LogP contribution in [0.1, 0.15) is 30.9 Å². The zero-order valence-electron chi connectivity index (χ0n) is 11.3. The van der Waals surface area contributed by atoms with E-state index in [9.17, 15) is 0 Å². The maximum absolute atomic E-state index is 6.52. The van der Waals surface area contributed by atoms with Crippen molar-refractivity contribution in [2.24, 2.45) is 11.7 Å². The van der Waals surface area contributed by atoms with Crippen molar-refractivity contribution >= 4 is 39.3 Å². The SMILES string of the molecule is NC(c1cccc(Br)c1Cl)C1CCOC2(CCSC2)C1. The Morgan fingerprint density at radius 3 is 3.10 bits per heavy atom. The van der Waals surface area contributed by atoms with Gasteiger partial charge in [-0.3, -0.25) is 0 Å². The molecule has 2 fully saturated rings. The maximum atomic E-state index is 6.52. The molecule has 1 spiro atoms. The molecule has 3 atom stereocenters. The highest BCUT2D eigenvalue weighted by Gasteiger charge is 2.42. The van der Waals surface area contributed by atoms with Crippen LogP contribution in [0.5, 0.6) is 0 Å². The van der Waals surface area contributed by atoms with Crippen LogP contribution in [-0.2, 0) is 4.74 Å². The summed E-state index contributed by atoms with van der Waals surface area (Å²) in [4.78, 5) is 0. The number of ether oxygens (including phenoxy) is 1. The van der Waals surface area contributed by atoms with Crippen LogP contribution in [0.2, 0.25) is 5.02 Å². The van der Waals surface area contributed by atoms with Crippen LogP contribution in [0.15, 0.2) is 22.7 Å². The number of rotatable bonds is 2. The standard InChI is InChI=1S/C15H19BrClNOS/c16-12-3-1-2-11(13(12)17)14(18)10-4-6-19-15(8-10)5-7-20-9-15/h1-3,10,14H,4-9,18H2. The first-order chi connectivity index (χ1) is 9.61. The molecule has 0 saturated carbocycles. The monoisotopic (exact) mass is 375 g/mol. The van der Waals surface area contributed by atoms with Gasteiger partial charge in [0, 0.05) is 22.9 Å². The van der Waals surface area contributed by atoms with E-state index >= 15 is 0 Å². The summed E-state index contributed by atoms with van der Waals surface area (Å²) in [6, 6.07) is 6.00. The van der Waals surface area contributed by atoms with Crippen molar-refractivity contribution in [1.29, 1.82) is 0 Å².